The number of aromatic nitrogens is 1. The first kappa shape index (κ1) is 15.5. The van der Waals surface area contributed by atoms with Crippen LogP contribution in [0.1, 0.15) is 12.6 Å². The molecule has 0 saturated heterocycles. The summed E-state index contributed by atoms with van der Waals surface area (Å²) in [5, 5.41) is 3.13. The summed E-state index contributed by atoms with van der Waals surface area (Å²) in [6.07, 6.45) is 1.51. The van der Waals surface area contributed by atoms with Gasteiger partial charge in [0.1, 0.15) is 10.7 Å². The molecule has 1 heterocycles. The summed E-state index contributed by atoms with van der Waals surface area (Å²) in [5.41, 5.74) is 0.778. The Bertz CT molecular complexity index is 726. The van der Waals surface area contributed by atoms with Crippen LogP contribution in [-0.4, -0.2) is 19.5 Å². The van der Waals surface area contributed by atoms with Crippen LogP contribution in [0, 0.1) is 5.82 Å². The zero-order valence-electron chi connectivity index (χ0n) is 11.9. The summed E-state index contributed by atoms with van der Waals surface area (Å²) < 4.78 is 42.1. The molecule has 21 heavy (non-hydrogen) atoms. The van der Waals surface area contributed by atoms with Crippen LogP contribution in [0.3, 0.4) is 0 Å². The first-order chi connectivity index (χ1) is 9.94. The molecule has 114 valence electrons. The minimum absolute atomic E-state index is 0.0606. The first-order valence-corrected chi connectivity index (χ1v) is 8.05. The van der Waals surface area contributed by atoms with Gasteiger partial charge in [-0.1, -0.05) is 19.1 Å². The van der Waals surface area contributed by atoms with Crippen molar-refractivity contribution < 1.29 is 12.8 Å². The first-order valence-electron chi connectivity index (χ1n) is 6.57. The van der Waals surface area contributed by atoms with Gasteiger partial charge >= 0.3 is 0 Å². The Balaban J connectivity index is 2.26. The number of nitrogens with zero attached hydrogens (tertiary/aromatic N) is 1. The van der Waals surface area contributed by atoms with Crippen LogP contribution in [0.4, 0.5) is 10.1 Å². The lowest BCUT2D eigenvalue weighted by Crippen LogP contribution is -2.14. The van der Waals surface area contributed by atoms with E-state index in [9.17, 15) is 12.8 Å². The Morgan fingerprint density at radius 2 is 2.00 bits per heavy atom. The van der Waals surface area contributed by atoms with Crippen LogP contribution in [0.15, 0.2) is 41.4 Å². The van der Waals surface area contributed by atoms with E-state index in [4.69, 9.17) is 0 Å². The molecule has 7 heteroatoms. The largest absolute Gasteiger partial charge is 0.352 e. The van der Waals surface area contributed by atoms with Crippen LogP contribution in [-0.2, 0) is 23.6 Å². The van der Waals surface area contributed by atoms with Gasteiger partial charge in [0.05, 0.1) is 5.69 Å². The summed E-state index contributed by atoms with van der Waals surface area (Å²) in [7, 11) is -2.03. The van der Waals surface area contributed by atoms with E-state index in [1.807, 2.05) is 6.92 Å². The summed E-state index contributed by atoms with van der Waals surface area (Å²) in [6.45, 7) is 3.34. The Labute approximate surface area is 123 Å². The van der Waals surface area contributed by atoms with E-state index >= 15 is 0 Å². The Kier molecular flexibility index (Phi) is 4.64. The highest BCUT2D eigenvalue weighted by molar-refractivity contribution is 7.92. The maximum Gasteiger partial charge on any atom is 0.263 e. The van der Waals surface area contributed by atoms with E-state index < -0.39 is 15.8 Å². The van der Waals surface area contributed by atoms with Gasteiger partial charge in [-0.25, -0.2) is 12.8 Å². The molecule has 0 unspecified atom stereocenters. The Morgan fingerprint density at radius 1 is 1.29 bits per heavy atom. The topological polar surface area (TPSA) is 63.1 Å². The van der Waals surface area contributed by atoms with Gasteiger partial charge in [0.15, 0.2) is 0 Å². The number of hydrogen-bond donors (Lipinski definition) is 2. The molecule has 1 aromatic heterocycles. The number of para-hydroxylation sites is 1. The summed E-state index contributed by atoms with van der Waals surface area (Å²) in [5.74, 6) is -0.607. The molecule has 0 fully saturated rings. The minimum atomic E-state index is -3.80. The van der Waals surface area contributed by atoms with Gasteiger partial charge in [0.2, 0.25) is 0 Å². The van der Waals surface area contributed by atoms with Crippen LogP contribution in [0.2, 0.25) is 0 Å². The molecule has 0 radical (unpaired) electrons. The normalized spacial score (nSPS) is 11.6. The van der Waals surface area contributed by atoms with E-state index in [1.54, 1.807) is 23.7 Å². The zero-order chi connectivity index (χ0) is 15.5. The summed E-state index contributed by atoms with van der Waals surface area (Å²) in [6, 6.07) is 7.24. The monoisotopic (exact) mass is 311 g/mol. The van der Waals surface area contributed by atoms with E-state index in [2.05, 4.69) is 10.0 Å². The predicted molar refractivity (Wildman–Crippen MR) is 80.0 cm³/mol. The summed E-state index contributed by atoms with van der Waals surface area (Å²) >= 11 is 0. The van der Waals surface area contributed by atoms with Crippen molar-refractivity contribution in [3.8, 4) is 0 Å². The van der Waals surface area contributed by atoms with Crippen molar-refractivity contribution in [2.24, 2.45) is 7.05 Å². The number of rotatable bonds is 6. The molecular formula is C14H18FN3O2S. The number of sulfonamides is 1. The highest BCUT2D eigenvalue weighted by Gasteiger charge is 2.19. The number of benzene rings is 1. The number of aryl methyl sites for hydroxylation is 1. The van der Waals surface area contributed by atoms with Crippen molar-refractivity contribution in [1.29, 1.82) is 0 Å². The molecule has 0 aliphatic heterocycles. The third kappa shape index (κ3) is 3.62. The Hall–Kier alpha value is -1.86. The van der Waals surface area contributed by atoms with E-state index in [1.165, 1.54) is 24.4 Å². The van der Waals surface area contributed by atoms with Gasteiger partial charge in [0.25, 0.3) is 10.0 Å². The van der Waals surface area contributed by atoms with Crippen molar-refractivity contribution in [3.63, 3.8) is 0 Å². The van der Waals surface area contributed by atoms with Crippen molar-refractivity contribution in [2.45, 2.75) is 18.4 Å². The minimum Gasteiger partial charge on any atom is -0.352 e. The Morgan fingerprint density at radius 3 is 2.67 bits per heavy atom. The molecule has 2 aromatic rings. The third-order valence-electron chi connectivity index (χ3n) is 3.07. The summed E-state index contributed by atoms with van der Waals surface area (Å²) in [4.78, 5) is 0.112. The van der Waals surface area contributed by atoms with Gasteiger partial charge in [-0.15, -0.1) is 0 Å². The third-order valence-corrected chi connectivity index (χ3v) is 4.40. The zero-order valence-corrected chi connectivity index (χ0v) is 12.7. The lowest BCUT2D eigenvalue weighted by Gasteiger charge is -2.06. The smallest absolute Gasteiger partial charge is 0.263 e. The number of hydrogen-bond acceptors (Lipinski definition) is 3. The van der Waals surface area contributed by atoms with E-state index in [0.717, 1.165) is 12.2 Å². The van der Waals surface area contributed by atoms with Crippen molar-refractivity contribution in [3.05, 3.63) is 48.0 Å². The van der Waals surface area contributed by atoms with E-state index in [0.29, 0.717) is 6.54 Å². The molecule has 5 nitrogen and oxygen atoms in total. The van der Waals surface area contributed by atoms with Gasteiger partial charge in [-0.3, -0.25) is 4.72 Å². The van der Waals surface area contributed by atoms with Crippen molar-refractivity contribution >= 4 is 15.7 Å². The number of halogens is 1. The molecule has 1 aromatic carbocycles. The van der Waals surface area contributed by atoms with Crippen LogP contribution < -0.4 is 10.0 Å². The lowest BCUT2D eigenvalue weighted by molar-refractivity contribution is 0.598. The predicted octanol–water partition coefficient (Wildman–Crippen LogP) is 2.07. The quantitative estimate of drug-likeness (QED) is 0.858. The van der Waals surface area contributed by atoms with E-state index in [-0.39, 0.29) is 10.6 Å². The molecule has 0 aliphatic rings. The van der Waals surface area contributed by atoms with Crippen LogP contribution >= 0.6 is 0 Å². The molecule has 0 spiro atoms. The van der Waals surface area contributed by atoms with Crippen LogP contribution in [0.5, 0.6) is 0 Å². The number of anilines is 1. The fourth-order valence-electron chi connectivity index (χ4n) is 1.90. The number of nitrogens with one attached hydrogen (secondary N) is 2. The fourth-order valence-corrected chi connectivity index (χ4v) is 3.06. The fraction of sp³-hybridized carbons (Fsp3) is 0.286. The SMILES string of the molecule is CCNCc1cc(S(=O)(=O)Nc2ccccc2F)cn1C. The average molecular weight is 311 g/mol. The molecule has 0 saturated carbocycles. The molecule has 0 atom stereocenters. The second-order valence-electron chi connectivity index (χ2n) is 4.64. The van der Waals surface area contributed by atoms with Crippen molar-refractivity contribution in [2.75, 3.05) is 11.3 Å². The van der Waals surface area contributed by atoms with Gasteiger partial charge in [0, 0.05) is 25.5 Å². The maximum atomic E-state index is 13.5. The molecule has 0 amide bonds. The van der Waals surface area contributed by atoms with Gasteiger partial charge in [-0.2, -0.15) is 0 Å². The standard InChI is InChI=1S/C14H18FN3O2S/c1-3-16-9-11-8-12(10-18(11)2)21(19,20)17-14-7-5-4-6-13(14)15/h4-8,10,16-17H,3,9H2,1-2H3. The molecule has 0 aliphatic carbocycles. The highest BCUT2D eigenvalue weighted by Crippen LogP contribution is 2.20. The maximum absolute atomic E-state index is 13.5. The molecule has 2 N–H and O–H groups in total. The highest BCUT2D eigenvalue weighted by atomic mass is 32.2. The molecule has 0 bridgehead atoms. The molecular weight excluding hydrogens is 293 g/mol. The molecule has 2 rings (SSSR count). The second-order valence-corrected chi connectivity index (χ2v) is 6.33. The second kappa shape index (κ2) is 6.28. The van der Waals surface area contributed by atoms with Gasteiger partial charge < -0.3 is 9.88 Å². The average Bonchev–Trinajstić information content (AvgIpc) is 2.81. The lowest BCUT2D eigenvalue weighted by atomic mass is 10.3. The van der Waals surface area contributed by atoms with Gasteiger partial charge in [-0.05, 0) is 24.7 Å². The van der Waals surface area contributed by atoms with Crippen molar-refractivity contribution in [1.82, 2.24) is 9.88 Å². The van der Waals surface area contributed by atoms with Crippen LogP contribution in [0.25, 0.3) is 0 Å².